The number of benzene rings is 1. The van der Waals surface area contributed by atoms with Gasteiger partial charge in [-0.05, 0) is 37.3 Å². The molecule has 6 heteroatoms. The average molecular weight is 341 g/mol. The molecule has 1 N–H and O–H groups in total. The van der Waals surface area contributed by atoms with E-state index in [0.717, 1.165) is 21.9 Å². The van der Waals surface area contributed by atoms with Gasteiger partial charge in [0.05, 0.1) is 19.3 Å². The van der Waals surface area contributed by atoms with Crippen molar-refractivity contribution >= 4 is 17.2 Å². The fourth-order valence-corrected chi connectivity index (χ4v) is 3.39. The third-order valence-corrected chi connectivity index (χ3v) is 4.69. The summed E-state index contributed by atoms with van der Waals surface area (Å²) in [6.07, 6.45) is 0. The predicted molar refractivity (Wildman–Crippen MR) is 95.4 cm³/mol. The molecule has 2 heterocycles. The highest BCUT2D eigenvalue weighted by molar-refractivity contribution is 7.11. The van der Waals surface area contributed by atoms with Crippen LogP contribution in [0.5, 0.6) is 5.75 Å². The van der Waals surface area contributed by atoms with Gasteiger partial charge in [-0.25, -0.2) is 0 Å². The number of hydrogen-bond donors (Lipinski definition) is 1. The number of aromatic nitrogens is 2. The van der Waals surface area contributed by atoms with Crippen molar-refractivity contribution in [3.05, 3.63) is 57.9 Å². The molecule has 0 saturated heterocycles. The van der Waals surface area contributed by atoms with Crippen LogP contribution in [0.25, 0.3) is 11.3 Å². The zero-order valence-corrected chi connectivity index (χ0v) is 14.7. The van der Waals surface area contributed by atoms with Crippen LogP contribution in [0.1, 0.15) is 20.2 Å². The fraction of sp³-hybridized carbons (Fsp3) is 0.222. The van der Waals surface area contributed by atoms with E-state index in [2.05, 4.69) is 29.3 Å². The number of carbonyl (C=O) groups is 1. The third kappa shape index (κ3) is 3.49. The van der Waals surface area contributed by atoms with E-state index in [9.17, 15) is 4.79 Å². The van der Waals surface area contributed by atoms with Crippen molar-refractivity contribution in [2.45, 2.75) is 13.5 Å². The van der Waals surface area contributed by atoms with E-state index in [0.29, 0.717) is 12.2 Å². The van der Waals surface area contributed by atoms with Crippen LogP contribution in [-0.2, 0) is 6.54 Å². The Bertz CT molecular complexity index is 853. The van der Waals surface area contributed by atoms with Crippen LogP contribution >= 0.6 is 11.3 Å². The van der Waals surface area contributed by atoms with Crippen molar-refractivity contribution in [1.82, 2.24) is 15.1 Å². The zero-order valence-electron chi connectivity index (χ0n) is 13.9. The van der Waals surface area contributed by atoms with Gasteiger partial charge >= 0.3 is 0 Å². The van der Waals surface area contributed by atoms with E-state index in [1.165, 1.54) is 4.88 Å². The van der Waals surface area contributed by atoms with Crippen LogP contribution in [0, 0.1) is 6.92 Å². The number of ether oxygens (including phenoxy) is 1. The van der Waals surface area contributed by atoms with E-state index in [1.54, 1.807) is 36.5 Å². The molecule has 0 unspecified atom stereocenters. The van der Waals surface area contributed by atoms with Crippen LogP contribution in [0.15, 0.2) is 42.5 Å². The number of nitrogens with zero attached hydrogens (tertiary/aromatic N) is 2. The Balaban J connectivity index is 1.75. The molecule has 0 aliphatic carbocycles. The number of methoxy groups -OCH3 is 1. The van der Waals surface area contributed by atoms with Crippen molar-refractivity contribution in [2.75, 3.05) is 14.2 Å². The summed E-state index contributed by atoms with van der Waals surface area (Å²) in [7, 11) is 3.42. The Morgan fingerprint density at radius 3 is 2.83 bits per heavy atom. The first kappa shape index (κ1) is 16.3. The van der Waals surface area contributed by atoms with Crippen molar-refractivity contribution in [3.8, 4) is 17.0 Å². The number of thiophene rings is 1. The standard InChI is InChI=1S/C18H19N3O2S/c1-12-7-8-15(24-12)11-21(2)18(22)17-10-16(19-20-17)13-5-4-6-14(9-13)23-3/h4-10H,11H2,1-3H3,(H,19,20). The summed E-state index contributed by atoms with van der Waals surface area (Å²) in [6.45, 7) is 2.65. The molecule has 3 rings (SSSR count). The van der Waals surface area contributed by atoms with E-state index >= 15 is 0 Å². The lowest BCUT2D eigenvalue weighted by atomic mass is 10.1. The quantitative estimate of drug-likeness (QED) is 0.769. The van der Waals surface area contributed by atoms with Crippen molar-refractivity contribution in [3.63, 3.8) is 0 Å². The predicted octanol–water partition coefficient (Wildman–Crippen LogP) is 3.73. The Morgan fingerprint density at radius 2 is 2.12 bits per heavy atom. The lowest BCUT2D eigenvalue weighted by Gasteiger charge is -2.14. The number of carbonyl (C=O) groups excluding carboxylic acids is 1. The van der Waals surface area contributed by atoms with Crippen molar-refractivity contribution < 1.29 is 9.53 Å². The average Bonchev–Trinajstić information content (AvgIpc) is 3.23. The number of nitrogens with one attached hydrogen (secondary N) is 1. The number of amides is 1. The highest BCUT2D eigenvalue weighted by atomic mass is 32.1. The molecule has 5 nitrogen and oxygen atoms in total. The maximum absolute atomic E-state index is 12.6. The lowest BCUT2D eigenvalue weighted by molar-refractivity contribution is 0.0780. The number of aromatic amines is 1. The molecule has 124 valence electrons. The highest BCUT2D eigenvalue weighted by Gasteiger charge is 2.16. The molecule has 0 saturated carbocycles. The summed E-state index contributed by atoms with van der Waals surface area (Å²) in [6, 6.07) is 13.5. The van der Waals surface area contributed by atoms with E-state index in [-0.39, 0.29) is 5.91 Å². The molecule has 0 bridgehead atoms. The first-order valence-corrected chi connectivity index (χ1v) is 8.39. The minimum absolute atomic E-state index is 0.0808. The van der Waals surface area contributed by atoms with Gasteiger partial charge in [-0.3, -0.25) is 9.89 Å². The van der Waals surface area contributed by atoms with Crippen LogP contribution in [0.4, 0.5) is 0 Å². The second-order valence-corrected chi connectivity index (χ2v) is 6.94. The molecule has 3 aromatic rings. The minimum Gasteiger partial charge on any atom is -0.497 e. The first-order valence-electron chi connectivity index (χ1n) is 7.57. The summed E-state index contributed by atoms with van der Waals surface area (Å²) < 4.78 is 5.23. The molecule has 0 spiro atoms. The Kier molecular flexibility index (Phi) is 4.66. The molecule has 1 aromatic carbocycles. The van der Waals surface area contributed by atoms with Gasteiger partial charge in [0.15, 0.2) is 0 Å². The number of aryl methyl sites for hydroxylation is 1. The number of H-pyrrole nitrogens is 1. The smallest absolute Gasteiger partial charge is 0.271 e. The monoisotopic (exact) mass is 341 g/mol. The zero-order chi connectivity index (χ0) is 17.1. The second kappa shape index (κ2) is 6.88. The maximum atomic E-state index is 12.6. The largest absolute Gasteiger partial charge is 0.497 e. The Labute approximate surface area is 144 Å². The molecule has 0 fully saturated rings. The SMILES string of the molecule is COc1cccc(-c2cc(C(=O)N(C)Cc3ccc(C)s3)[nH]n2)c1. The van der Waals surface area contributed by atoms with Gasteiger partial charge in [0, 0.05) is 22.4 Å². The maximum Gasteiger partial charge on any atom is 0.271 e. The molecule has 2 aromatic heterocycles. The van der Waals surface area contributed by atoms with E-state index in [4.69, 9.17) is 4.74 Å². The second-order valence-electron chi connectivity index (χ2n) is 5.57. The summed E-state index contributed by atoms with van der Waals surface area (Å²) in [5.74, 6) is 0.677. The van der Waals surface area contributed by atoms with Crippen LogP contribution < -0.4 is 4.74 Å². The molecule has 1 amide bonds. The molecule has 0 atom stereocenters. The molecular weight excluding hydrogens is 322 g/mol. The first-order chi connectivity index (χ1) is 11.6. The summed E-state index contributed by atoms with van der Waals surface area (Å²) in [5, 5.41) is 7.09. The molecule has 0 aliphatic heterocycles. The highest BCUT2D eigenvalue weighted by Crippen LogP contribution is 2.23. The van der Waals surface area contributed by atoms with E-state index < -0.39 is 0 Å². The van der Waals surface area contributed by atoms with Gasteiger partial charge < -0.3 is 9.64 Å². The minimum atomic E-state index is -0.0808. The Morgan fingerprint density at radius 1 is 1.29 bits per heavy atom. The molecule has 0 radical (unpaired) electrons. The van der Waals surface area contributed by atoms with Gasteiger partial charge in [0.2, 0.25) is 0 Å². The summed E-state index contributed by atoms with van der Waals surface area (Å²) >= 11 is 1.70. The van der Waals surface area contributed by atoms with Crippen LogP contribution in [0.2, 0.25) is 0 Å². The fourth-order valence-electron chi connectivity index (χ4n) is 2.44. The van der Waals surface area contributed by atoms with Gasteiger partial charge in [-0.15, -0.1) is 11.3 Å². The lowest BCUT2D eigenvalue weighted by Crippen LogP contribution is -2.26. The number of hydrogen-bond acceptors (Lipinski definition) is 4. The third-order valence-electron chi connectivity index (χ3n) is 3.71. The summed E-state index contributed by atoms with van der Waals surface area (Å²) in [5.41, 5.74) is 2.10. The van der Waals surface area contributed by atoms with Crippen LogP contribution in [0.3, 0.4) is 0 Å². The van der Waals surface area contributed by atoms with Gasteiger partial charge in [0.1, 0.15) is 11.4 Å². The Hall–Kier alpha value is -2.60. The van der Waals surface area contributed by atoms with Gasteiger partial charge in [-0.1, -0.05) is 12.1 Å². The van der Waals surface area contributed by atoms with Crippen molar-refractivity contribution in [1.29, 1.82) is 0 Å². The van der Waals surface area contributed by atoms with E-state index in [1.807, 2.05) is 24.3 Å². The normalized spacial score (nSPS) is 10.6. The number of rotatable bonds is 5. The van der Waals surface area contributed by atoms with Crippen molar-refractivity contribution in [2.24, 2.45) is 0 Å². The van der Waals surface area contributed by atoms with Gasteiger partial charge in [0.25, 0.3) is 5.91 Å². The topological polar surface area (TPSA) is 58.2 Å². The van der Waals surface area contributed by atoms with Gasteiger partial charge in [-0.2, -0.15) is 5.10 Å². The molecular formula is C18H19N3O2S. The van der Waals surface area contributed by atoms with Crippen LogP contribution in [-0.4, -0.2) is 35.2 Å². The molecule has 0 aliphatic rings. The summed E-state index contributed by atoms with van der Waals surface area (Å²) in [4.78, 5) is 16.7. The molecule has 24 heavy (non-hydrogen) atoms.